The SMILES string of the molecule is CCOc1ccccc1NCC(=O)Nc1ccc(OCCOc2ccccc2)cc1. The van der Waals surface area contributed by atoms with Crippen molar-refractivity contribution in [2.75, 3.05) is 37.0 Å². The van der Waals surface area contributed by atoms with E-state index in [4.69, 9.17) is 14.2 Å². The van der Waals surface area contributed by atoms with E-state index in [1.807, 2.05) is 73.7 Å². The highest BCUT2D eigenvalue weighted by Gasteiger charge is 2.06. The Morgan fingerprint density at radius 3 is 2.10 bits per heavy atom. The fourth-order valence-corrected chi connectivity index (χ4v) is 2.74. The summed E-state index contributed by atoms with van der Waals surface area (Å²) in [6, 6.07) is 24.4. The summed E-state index contributed by atoms with van der Waals surface area (Å²) in [4.78, 5) is 12.2. The number of hydrogen-bond donors (Lipinski definition) is 2. The van der Waals surface area contributed by atoms with Crippen LogP contribution in [0.4, 0.5) is 11.4 Å². The Labute approximate surface area is 176 Å². The summed E-state index contributed by atoms with van der Waals surface area (Å²) < 4.78 is 16.8. The average Bonchev–Trinajstić information content (AvgIpc) is 2.78. The van der Waals surface area contributed by atoms with Crippen molar-refractivity contribution in [1.82, 2.24) is 0 Å². The summed E-state index contributed by atoms with van der Waals surface area (Å²) in [5.41, 5.74) is 1.49. The molecule has 0 unspecified atom stereocenters. The van der Waals surface area contributed by atoms with Crippen molar-refractivity contribution in [1.29, 1.82) is 0 Å². The molecule has 0 spiro atoms. The molecule has 1 amide bonds. The van der Waals surface area contributed by atoms with E-state index in [0.29, 0.717) is 31.3 Å². The number of nitrogens with one attached hydrogen (secondary N) is 2. The maximum atomic E-state index is 12.2. The first-order valence-corrected chi connectivity index (χ1v) is 9.91. The molecule has 3 aromatic rings. The fourth-order valence-electron chi connectivity index (χ4n) is 2.74. The maximum absolute atomic E-state index is 12.2. The van der Waals surface area contributed by atoms with Crippen LogP contribution in [0.5, 0.6) is 17.2 Å². The zero-order valence-electron chi connectivity index (χ0n) is 17.0. The van der Waals surface area contributed by atoms with Gasteiger partial charge in [-0.1, -0.05) is 30.3 Å². The number of rotatable bonds is 11. The van der Waals surface area contributed by atoms with Crippen LogP contribution in [0.25, 0.3) is 0 Å². The van der Waals surface area contributed by atoms with E-state index in [9.17, 15) is 4.79 Å². The molecule has 6 heteroatoms. The Morgan fingerprint density at radius 2 is 1.40 bits per heavy atom. The quantitative estimate of drug-likeness (QED) is 0.456. The van der Waals surface area contributed by atoms with E-state index < -0.39 is 0 Å². The average molecular weight is 406 g/mol. The molecular weight excluding hydrogens is 380 g/mol. The van der Waals surface area contributed by atoms with Crippen molar-refractivity contribution in [2.24, 2.45) is 0 Å². The zero-order valence-corrected chi connectivity index (χ0v) is 17.0. The summed E-state index contributed by atoms with van der Waals surface area (Å²) in [6.45, 7) is 3.52. The standard InChI is InChI=1S/C24H26N2O4/c1-2-28-23-11-7-6-10-22(23)25-18-24(27)26-19-12-14-21(15-13-19)30-17-16-29-20-8-4-3-5-9-20/h3-15,25H,2,16-18H2,1H3,(H,26,27). The second-order valence-corrected chi connectivity index (χ2v) is 6.37. The predicted molar refractivity (Wildman–Crippen MR) is 119 cm³/mol. The van der Waals surface area contributed by atoms with Crippen molar-refractivity contribution >= 4 is 17.3 Å². The molecule has 0 aliphatic heterocycles. The Morgan fingerprint density at radius 1 is 0.767 bits per heavy atom. The minimum atomic E-state index is -0.147. The second-order valence-electron chi connectivity index (χ2n) is 6.37. The summed E-state index contributed by atoms with van der Waals surface area (Å²) in [7, 11) is 0. The van der Waals surface area contributed by atoms with Crippen LogP contribution in [0, 0.1) is 0 Å². The highest BCUT2D eigenvalue weighted by molar-refractivity contribution is 5.94. The van der Waals surface area contributed by atoms with Crippen LogP contribution in [0.3, 0.4) is 0 Å². The summed E-state index contributed by atoms with van der Waals surface area (Å²) in [5, 5.41) is 5.96. The van der Waals surface area contributed by atoms with Crippen molar-refractivity contribution in [3.8, 4) is 17.2 Å². The van der Waals surface area contributed by atoms with Crippen LogP contribution in [0.15, 0.2) is 78.9 Å². The van der Waals surface area contributed by atoms with Gasteiger partial charge in [-0.15, -0.1) is 0 Å². The molecule has 0 aromatic heterocycles. The van der Waals surface area contributed by atoms with Crippen LogP contribution < -0.4 is 24.8 Å². The molecule has 30 heavy (non-hydrogen) atoms. The largest absolute Gasteiger partial charge is 0.492 e. The molecular formula is C24H26N2O4. The smallest absolute Gasteiger partial charge is 0.243 e. The number of hydrogen-bond acceptors (Lipinski definition) is 5. The molecule has 0 saturated heterocycles. The topological polar surface area (TPSA) is 68.8 Å². The Bertz CT molecular complexity index is 914. The molecule has 0 atom stereocenters. The molecule has 156 valence electrons. The van der Waals surface area contributed by atoms with Crippen LogP contribution in [-0.4, -0.2) is 32.3 Å². The molecule has 0 aliphatic carbocycles. The van der Waals surface area contributed by atoms with Crippen molar-refractivity contribution < 1.29 is 19.0 Å². The monoisotopic (exact) mass is 406 g/mol. The van der Waals surface area contributed by atoms with E-state index >= 15 is 0 Å². The number of benzene rings is 3. The maximum Gasteiger partial charge on any atom is 0.243 e. The first kappa shape index (κ1) is 21.0. The van der Waals surface area contributed by atoms with Crippen LogP contribution in [0.1, 0.15) is 6.92 Å². The minimum absolute atomic E-state index is 0.138. The van der Waals surface area contributed by atoms with Gasteiger partial charge in [-0.2, -0.15) is 0 Å². The molecule has 0 saturated carbocycles. The lowest BCUT2D eigenvalue weighted by Crippen LogP contribution is -2.22. The molecule has 0 aliphatic rings. The van der Waals surface area contributed by atoms with Crippen molar-refractivity contribution in [3.05, 3.63) is 78.9 Å². The van der Waals surface area contributed by atoms with E-state index in [-0.39, 0.29) is 12.5 Å². The van der Waals surface area contributed by atoms with Gasteiger partial charge in [0.1, 0.15) is 30.5 Å². The number of carbonyl (C=O) groups is 1. The summed E-state index contributed by atoms with van der Waals surface area (Å²) in [6.07, 6.45) is 0. The van der Waals surface area contributed by atoms with Gasteiger partial charge in [-0.3, -0.25) is 4.79 Å². The number of carbonyl (C=O) groups excluding carboxylic acids is 1. The third-order valence-corrected chi connectivity index (χ3v) is 4.13. The Kier molecular flexibility index (Phi) is 7.97. The minimum Gasteiger partial charge on any atom is -0.492 e. The van der Waals surface area contributed by atoms with Gasteiger partial charge in [-0.25, -0.2) is 0 Å². The van der Waals surface area contributed by atoms with E-state index in [2.05, 4.69) is 10.6 Å². The summed E-state index contributed by atoms with van der Waals surface area (Å²) >= 11 is 0. The lowest BCUT2D eigenvalue weighted by Gasteiger charge is -2.12. The van der Waals surface area contributed by atoms with Gasteiger partial charge in [-0.05, 0) is 55.5 Å². The molecule has 0 radical (unpaired) electrons. The lowest BCUT2D eigenvalue weighted by molar-refractivity contribution is -0.114. The van der Waals surface area contributed by atoms with E-state index in [0.717, 1.165) is 17.2 Å². The third-order valence-electron chi connectivity index (χ3n) is 4.13. The molecule has 0 heterocycles. The van der Waals surface area contributed by atoms with Crippen LogP contribution >= 0.6 is 0 Å². The van der Waals surface area contributed by atoms with Gasteiger partial charge in [0, 0.05) is 5.69 Å². The molecule has 2 N–H and O–H groups in total. The van der Waals surface area contributed by atoms with Gasteiger partial charge >= 0.3 is 0 Å². The third kappa shape index (κ3) is 6.74. The summed E-state index contributed by atoms with van der Waals surface area (Å²) in [5.74, 6) is 2.11. The number of amides is 1. The lowest BCUT2D eigenvalue weighted by atomic mass is 10.3. The van der Waals surface area contributed by atoms with Crippen LogP contribution in [-0.2, 0) is 4.79 Å². The van der Waals surface area contributed by atoms with Crippen LogP contribution in [0.2, 0.25) is 0 Å². The van der Waals surface area contributed by atoms with E-state index in [1.54, 1.807) is 12.1 Å². The number of para-hydroxylation sites is 3. The first-order chi connectivity index (χ1) is 14.7. The molecule has 3 aromatic carbocycles. The van der Waals surface area contributed by atoms with Gasteiger partial charge in [0.05, 0.1) is 18.8 Å². The Balaban J connectivity index is 1.40. The van der Waals surface area contributed by atoms with Crippen molar-refractivity contribution in [3.63, 3.8) is 0 Å². The molecule has 0 fully saturated rings. The van der Waals surface area contributed by atoms with Gasteiger partial charge in [0.2, 0.25) is 5.91 Å². The van der Waals surface area contributed by atoms with Gasteiger partial charge in [0.25, 0.3) is 0 Å². The molecule has 6 nitrogen and oxygen atoms in total. The molecule has 0 bridgehead atoms. The van der Waals surface area contributed by atoms with Gasteiger partial charge < -0.3 is 24.8 Å². The number of anilines is 2. The van der Waals surface area contributed by atoms with Gasteiger partial charge in [0.15, 0.2) is 0 Å². The molecule has 3 rings (SSSR count). The Hall–Kier alpha value is -3.67. The zero-order chi connectivity index (χ0) is 21.0. The first-order valence-electron chi connectivity index (χ1n) is 9.91. The number of ether oxygens (including phenoxy) is 3. The highest BCUT2D eigenvalue weighted by Crippen LogP contribution is 2.23. The predicted octanol–water partition coefficient (Wildman–Crippen LogP) is 4.59. The second kappa shape index (κ2) is 11.4. The highest BCUT2D eigenvalue weighted by atomic mass is 16.5. The fraction of sp³-hybridized carbons (Fsp3) is 0.208. The van der Waals surface area contributed by atoms with E-state index in [1.165, 1.54) is 0 Å². The van der Waals surface area contributed by atoms with Crippen molar-refractivity contribution in [2.45, 2.75) is 6.92 Å². The normalized spacial score (nSPS) is 10.2.